The third-order valence-corrected chi connectivity index (χ3v) is 3.11. The number of hydrogen-bond donors (Lipinski definition) is 2. The molecule has 0 saturated heterocycles. The Kier molecular flexibility index (Phi) is 4.31. The lowest BCUT2D eigenvalue weighted by Crippen LogP contribution is -2.45. The lowest BCUT2D eigenvalue weighted by atomic mass is 10.1. The van der Waals surface area contributed by atoms with Crippen molar-refractivity contribution in [2.45, 2.75) is 18.9 Å². The van der Waals surface area contributed by atoms with Crippen molar-refractivity contribution < 1.29 is 18.7 Å². The van der Waals surface area contributed by atoms with Gasteiger partial charge in [0, 0.05) is 18.7 Å². The van der Waals surface area contributed by atoms with E-state index in [0.717, 1.165) is 16.2 Å². The third kappa shape index (κ3) is 3.20. The molecule has 1 aromatic rings. The van der Waals surface area contributed by atoms with Gasteiger partial charge in [0.15, 0.2) is 0 Å². The average Bonchev–Trinajstić information content (AvgIpc) is 2.80. The summed E-state index contributed by atoms with van der Waals surface area (Å²) in [6.07, 6.45) is -2.11. The third-order valence-electron chi connectivity index (χ3n) is 3.11. The molecule has 0 aliphatic carbocycles. The quantitative estimate of drug-likeness (QED) is 0.842. The minimum Gasteiger partial charge on any atom is -0.395 e. The summed E-state index contributed by atoms with van der Waals surface area (Å²) in [6.45, 7) is -1.04. The van der Waals surface area contributed by atoms with E-state index in [1.165, 1.54) is 0 Å². The van der Waals surface area contributed by atoms with Crippen LogP contribution < -0.4 is 5.32 Å². The van der Waals surface area contributed by atoms with Crippen molar-refractivity contribution >= 4 is 11.6 Å². The van der Waals surface area contributed by atoms with Gasteiger partial charge in [-0.05, 0) is 11.6 Å². The van der Waals surface area contributed by atoms with E-state index < -0.39 is 24.9 Å². The molecule has 0 aromatic heterocycles. The topological polar surface area (TPSA) is 52.6 Å². The zero-order valence-electron chi connectivity index (χ0n) is 10.4. The Hall–Kier alpha value is -1.69. The lowest BCUT2D eigenvalue weighted by molar-refractivity contribution is -0.134. The molecular formula is C13H16F2N2O2. The molecule has 1 atom stereocenters. The van der Waals surface area contributed by atoms with Crippen LogP contribution in [0, 0.1) is 0 Å². The second kappa shape index (κ2) is 5.97. The summed E-state index contributed by atoms with van der Waals surface area (Å²) in [6, 6.07) is 6.95. The monoisotopic (exact) mass is 270 g/mol. The molecule has 0 fully saturated rings. The Morgan fingerprint density at radius 2 is 2.21 bits per heavy atom. The van der Waals surface area contributed by atoms with Crippen molar-refractivity contribution in [1.82, 2.24) is 4.90 Å². The molecule has 1 aromatic carbocycles. The Morgan fingerprint density at radius 1 is 1.47 bits per heavy atom. The number of amides is 1. The van der Waals surface area contributed by atoms with Crippen LogP contribution in [0.1, 0.15) is 5.56 Å². The van der Waals surface area contributed by atoms with Gasteiger partial charge < -0.3 is 15.3 Å². The minimum absolute atomic E-state index is 0.0717. The van der Waals surface area contributed by atoms with Crippen LogP contribution in [0.15, 0.2) is 24.3 Å². The summed E-state index contributed by atoms with van der Waals surface area (Å²) in [5, 5.41) is 11.9. The Balaban J connectivity index is 2.04. The number of carbonyl (C=O) groups is 1. The highest BCUT2D eigenvalue weighted by atomic mass is 19.3. The molecule has 0 spiro atoms. The summed E-state index contributed by atoms with van der Waals surface area (Å²) in [5.74, 6) is -0.398. The number of rotatable bonds is 5. The van der Waals surface area contributed by atoms with E-state index in [-0.39, 0.29) is 13.2 Å². The molecule has 19 heavy (non-hydrogen) atoms. The smallest absolute Gasteiger partial charge is 0.255 e. The van der Waals surface area contributed by atoms with Crippen molar-refractivity contribution in [2.24, 2.45) is 0 Å². The zero-order valence-corrected chi connectivity index (χ0v) is 10.4. The second-order valence-corrected chi connectivity index (χ2v) is 4.46. The molecular weight excluding hydrogens is 254 g/mol. The first kappa shape index (κ1) is 13.7. The standard InChI is InChI=1S/C13H16F2N2O2/c14-12(15)8-17(5-6-18)13(19)11-7-9-3-1-2-4-10(9)16-11/h1-4,11-12,16,18H,5-8H2/t11-/m0/s1. The van der Waals surface area contributed by atoms with Crippen LogP contribution in [-0.4, -0.2) is 48.1 Å². The number of aliphatic hydroxyl groups excluding tert-OH is 1. The van der Waals surface area contributed by atoms with Gasteiger partial charge in [-0.1, -0.05) is 18.2 Å². The van der Waals surface area contributed by atoms with Crippen molar-refractivity contribution in [1.29, 1.82) is 0 Å². The molecule has 1 aliphatic heterocycles. The highest BCUT2D eigenvalue weighted by molar-refractivity contribution is 5.87. The van der Waals surface area contributed by atoms with Gasteiger partial charge in [0.25, 0.3) is 6.43 Å². The van der Waals surface area contributed by atoms with Crippen molar-refractivity contribution in [2.75, 3.05) is 25.0 Å². The van der Waals surface area contributed by atoms with Crippen LogP contribution in [0.2, 0.25) is 0 Å². The average molecular weight is 270 g/mol. The highest BCUT2D eigenvalue weighted by Crippen LogP contribution is 2.26. The van der Waals surface area contributed by atoms with Gasteiger partial charge in [0.05, 0.1) is 13.2 Å². The summed E-state index contributed by atoms with van der Waals surface area (Å²) in [5.41, 5.74) is 1.86. The number of para-hydroxylation sites is 1. The first-order valence-corrected chi connectivity index (χ1v) is 6.14. The molecule has 0 bridgehead atoms. The largest absolute Gasteiger partial charge is 0.395 e. The molecule has 2 rings (SSSR count). The number of carbonyl (C=O) groups excluding carboxylic acids is 1. The first-order chi connectivity index (χ1) is 9.11. The molecule has 104 valence electrons. The fourth-order valence-electron chi connectivity index (χ4n) is 2.25. The predicted octanol–water partition coefficient (Wildman–Crippen LogP) is 1.11. The number of nitrogens with zero attached hydrogens (tertiary/aromatic N) is 1. The molecule has 2 N–H and O–H groups in total. The van der Waals surface area contributed by atoms with Gasteiger partial charge in [-0.25, -0.2) is 8.78 Å². The number of hydrogen-bond acceptors (Lipinski definition) is 3. The lowest BCUT2D eigenvalue weighted by Gasteiger charge is -2.24. The number of alkyl halides is 2. The zero-order chi connectivity index (χ0) is 13.8. The van der Waals surface area contributed by atoms with Crippen LogP contribution in [0.5, 0.6) is 0 Å². The van der Waals surface area contributed by atoms with Gasteiger partial charge in [-0.2, -0.15) is 0 Å². The molecule has 6 heteroatoms. The summed E-state index contributed by atoms with van der Waals surface area (Å²) < 4.78 is 24.8. The number of halogens is 2. The first-order valence-electron chi connectivity index (χ1n) is 6.14. The molecule has 1 aliphatic rings. The van der Waals surface area contributed by atoms with Crippen molar-refractivity contribution in [3.05, 3.63) is 29.8 Å². The molecule has 4 nitrogen and oxygen atoms in total. The number of nitrogens with one attached hydrogen (secondary N) is 1. The van der Waals surface area contributed by atoms with Gasteiger partial charge in [0.1, 0.15) is 6.04 Å². The van der Waals surface area contributed by atoms with Crippen LogP contribution in [0.4, 0.5) is 14.5 Å². The van der Waals surface area contributed by atoms with E-state index in [4.69, 9.17) is 5.11 Å². The number of fused-ring (bicyclic) bond motifs is 1. The van der Waals surface area contributed by atoms with Crippen molar-refractivity contribution in [3.8, 4) is 0 Å². The van der Waals surface area contributed by atoms with E-state index >= 15 is 0 Å². The molecule has 1 amide bonds. The minimum atomic E-state index is -2.60. The van der Waals surface area contributed by atoms with Crippen molar-refractivity contribution in [3.63, 3.8) is 0 Å². The molecule has 1 heterocycles. The van der Waals surface area contributed by atoms with Gasteiger partial charge in [0.2, 0.25) is 5.91 Å². The highest BCUT2D eigenvalue weighted by Gasteiger charge is 2.30. The maximum Gasteiger partial charge on any atom is 0.255 e. The van der Waals surface area contributed by atoms with Gasteiger partial charge in [-0.15, -0.1) is 0 Å². The number of benzene rings is 1. The summed E-state index contributed by atoms with van der Waals surface area (Å²) in [4.78, 5) is 13.2. The Morgan fingerprint density at radius 3 is 2.84 bits per heavy atom. The van der Waals surface area contributed by atoms with Crippen LogP contribution in [-0.2, 0) is 11.2 Å². The summed E-state index contributed by atoms with van der Waals surface area (Å²) in [7, 11) is 0. The predicted molar refractivity (Wildman–Crippen MR) is 67.2 cm³/mol. The number of aliphatic hydroxyl groups is 1. The van der Waals surface area contributed by atoms with Crippen LogP contribution >= 0.6 is 0 Å². The number of anilines is 1. The van der Waals surface area contributed by atoms with E-state index in [1.807, 2.05) is 24.3 Å². The second-order valence-electron chi connectivity index (χ2n) is 4.46. The Bertz CT molecular complexity index is 429. The molecule has 0 radical (unpaired) electrons. The Labute approximate surface area is 110 Å². The van der Waals surface area contributed by atoms with E-state index in [0.29, 0.717) is 6.42 Å². The molecule has 0 unspecified atom stereocenters. The molecule has 0 saturated carbocycles. The van der Waals surface area contributed by atoms with E-state index in [1.54, 1.807) is 0 Å². The van der Waals surface area contributed by atoms with Crippen LogP contribution in [0.25, 0.3) is 0 Å². The maximum absolute atomic E-state index is 12.4. The summed E-state index contributed by atoms with van der Waals surface area (Å²) >= 11 is 0. The van der Waals surface area contributed by atoms with E-state index in [9.17, 15) is 13.6 Å². The van der Waals surface area contributed by atoms with E-state index in [2.05, 4.69) is 5.32 Å². The SMILES string of the molecule is O=C([C@@H]1Cc2ccccc2N1)N(CCO)CC(F)F. The fraction of sp³-hybridized carbons (Fsp3) is 0.462. The maximum atomic E-state index is 12.4. The normalized spacial score (nSPS) is 17.2. The fourth-order valence-corrected chi connectivity index (χ4v) is 2.25. The van der Waals surface area contributed by atoms with Gasteiger partial charge in [-0.3, -0.25) is 4.79 Å². The van der Waals surface area contributed by atoms with Gasteiger partial charge >= 0.3 is 0 Å². The van der Waals surface area contributed by atoms with Crippen LogP contribution in [0.3, 0.4) is 0 Å².